The SMILES string of the molecule is N#Cc1cc(F)ccc1Nc1nccc(C#N)c1N. The summed E-state index contributed by atoms with van der Waals surface area (Å²) < 4.78 is 13.0. The Kier molecular flexibility index (Phi) is 3.26. The van der Waals surface area contributed by atoms with Crippen molar-refractivity contribution in [1.29, 1.82) is 10.5 Å². The van der Waals surface area contributed by atoms with Gasteiger partial charge in [-0.05, 0) is 24.3 Å². The number of hydrogen-bond donors (Lipinski definition) is 2. The molecule has 0 amide bonds. The minimum absolute atomic E-state index is 0.128. The van der Waals surface area contributed by atoms with Crippen LogP contribution < -0.4 is 11.1 Å². The third-order valence-electron chi connectivity index (χ3n) is 2.47. The Hall–Kier alpha value is -3.12. The summed E-state index contributed by atoms with van der Waals surface area (Å²) in [4.78, 5) is 3.99. The van der Waals surface area contributed by atoms with E-state index in [1.165, 1.54) is 24.4 Å². The molecular weight excluding hydrogens is 245 g/mol. The molecule has 2 rings (SSSR count). The quantitative estimate of drug-likeness (QED) is 0.855. The van der Waals surface area contributed by atoms with Crippen LogP contribution >= 0.6 is 0 Å². The number of aromatic nitrogens is 1. The summed E-state index contributed by atoms with van der Waals surface area (Å²) in [5.41, 5.74) is 6.72. The van der Waals surface area contributed by atoms with E-state index in [1.807, 2.05) is 12.1 Å². The van der Waals surface area contributed by atoms with E-state index in [-0.39, 0.29) is 22.6 Å². The van der Waals surface area contributed by atoms with Crippen molar-refractivity contribution in [2.24, 2.45) is 0 Å². The monoisotopic (exact) mass is 253 g/mol. The Morgan fingerprint density at radius 3 is 2.58 bits per heavy atom. The summed E-state index contributed by atoms with van der Waals surface area (Å²) in [6.07, 6.45) is 1.42. The predicted molar refractivity (Wildman–Crippen MR) is 67.8 cm³/mol. The van der Waals surface area contributed by atoms with E-state index in [2.05, 4.69) is 10.3 Å². The Bertz CT molecular complexity index is 712. The summed E-state index contributed by atoms with van der Waals surface area (Å²) in [5, 5.41) is 20.6. The fourth-order valence-electron chi connectivity index (χ4n) is 1.52. The zero-order chi connectivity index (χ0) is 13.8. The first-order chi connectivity index (χ1) is 9.15. The van der Waals surface area contributed by atoms with E-state index in [9.17, 15) is 4.39 Å². The maximum Gasteiger partial charge on any atom is 0.154 e. The first-order valence-electron chi connectivity index (χ1n) is 5.27. The summed E-state index contributed by atoms with van der Waals surface area (Å²) >= 11 is 0. The number of nitrogen functional groups attached to an aromatic ring is 1. The number of pyridine rings is 1. The van der Waals surface area contributed by atoms with Crippen molar-refractivity contribution >= 4 is 17.2 Å². The Morgan fingerprint density at radius 2 is 1.89 bits per heavy atom. The third kappa shape index (κ3) is 2.43. The minimum Gasteiger partial charge on any atom is -0.395 e. The molecule has 92 valence electrons. The number of nitrogens with one attached hydrogen (secondary N) is 1. The average Bonchev–Trinajstić information content (AvgIpc) is 2.42. The molecule has 0 saturated heterocycles. The van der Waals surface area contributed by atoms with Gasteiger partial charge in [0.15, 0.2) is 5.82 Å². The van der Waals surface area contributed by atoms with Crippen LogP contribution in [0.3, 0.4) is 0 Å². The normalized spacial score (nSPS) is 9.42. The zero-order valence-corrected chi connectivity index (χ0v) is 9.68. The smallest absolute Gasteiger partial charge is 0.154 e. The zero-order valence-electron chi connectivity index (χ0n) is 9.68. The molecule has 6 heteroatoms. The van der Waals surface area contributed by atoms with Gasteiger partial charge < -0.3 is 11.1 Å². The van der Waals surface area contributed by atoms with Crippen molar-refractivity contribution in [2.75, 3.05) is 11.1 Å². The van der Waals surface area contributed by atoms with Gasteiger partial charge in [-0.25, -0.2) is 9.37 Å². The van der Waals surface area contributed by atoms with Crippen molar-refractivity contribution < 1.29 is 4.39 Å². The van der Waals surface area contributed by atoms with Crippen LogP contribution in [0.25, 0.3) is 0 Å². The van der Waals surface area contributed by atoms with Crippen LogP contribution in [0.1, 0.15) is 11.1 Å². The molecule has 1 aromatic heterocycles. The molecule has 0 saturated carbocycles. The summed E-state index contributed by atoms with van der Waals surface area (Å²) in [7, 11) is 0. The van der Waals surface area contributed by atoms with E-state index in [0.29, 0.717) is 5.69 Å². The highest BCUT2D eigenvalue weighted by Crippen LogP contribution is 2.25. The first kappa shape index (κ1) is 12.3. The summed E-state index contributed by atoms with van der Waals surface area (Å²) in [5.74, 6) is -0.254. The van der Waals surface area contributed by atoms with Crippen LogP contribution in [0.2, 0.25) is 0 Å². The topological polar surface area (TPSA) is 98.5 Å². The number of rotatable bonds is 2. The highest BCUT2D eigenvalue weighted by Gasteiger charge is 2.09. The molecule has 0 aliphatic carbocycles. The second kappa shape index (κ2) is 5.03. The molecule has 0 bridgehead atoms. The molecular formula is C13H8FN5. The number of nitrogens with zero attached hydrogens (tertiary/aromatic N) is 3. The van der Waals surface area contributed by atoms with Crippen molar-refractivity contribution in [3.8, 4) is 12.1 Å². The average molecular weight is 253 g/mol. The lowest BCUT2D eigenvalue weighted by Crippen LogP contribution is -2.02. The lowest BCUT2D eigenvalue weighted by atomic mass is 10.2. The van der Waals surface area contributed by atoms with Gasteiger partial charge in [0.25, 0.3) is 0 Å². The highest BCUT2D eigenvalue weighted by atomic mass is 19.1. The van der Waals surface area contributed by atoms with Crippen molar-refractivity contribution in [2.45, 2.75) is 0 Å². The van der Waals surface area contributed by atoms with Gasteiger partial charge in [-0.1, -0.05) is 0 Å². The van der Waals surface area contributed by atoms with Crippen LogP contribution in [0, 0.1) is 28.5 Å². The summed E-state index contributed by atoms with van der Waals surface area (Å²) in [6.45, 7) is 0. The number of nitrogens with two attached hydrogens (primary N) is 1. The maximum absolute atomic E-state index is 13.0. The third-order valence-corrected chi connectivity index (χ3v) is 2.47. The lowest BCUT2D eigenvalue weighted by Gasteiger charge is -2.10. The van der Waals surface area contributed by atoms with Crippen LogP contribution in [0.4, 0.5) is 21.6 Å². The molecule has 0 radical (unpaired) electrons. The van der Waals surface area contributed by atoms with E-state index >= 15 is 0 Å². The van der Waals surface area contributed by atoms with E-state index < -0.39 is 5.82 Å². The number of halogens is 1. The van der Waals surface area contributed by atoms with Gasteiger partial charge >= 0.3 is 0 Å². The second-order valence-corrected chi connectivity index (χ2v) is 3.66. The molecule has 19 heavy (non-hydrogen) atoms. The predicted octanol–water partition coefficient (Wildman–Crippen LogP) is 2.29. The van der Waals surface area contributed by atoms with Crippen LogP contribution in [0.15, 0.2) is 30.5 Å². The molecule has 0 fully saturated rings. The molecule has 0 aliphatic heterocycles. The standard InChI is InChI=1S/C13H8FN5/c14-10-1-2-11(9(5-10)7-16)19-13-12(17)8(6-15)3-4-18-13/h1-5H,17H2,(H,18,19). The van der Waals surface area contributed by atoms with Crippen LogP contribution in [-0.4, -0.2) is 4.98 Å². The molecule has 0 unspecified atom stereocenters. The van der Waals surface area contributed by atoms with Gasteiger partial charge in [-0.3, -0.25) is 0 Å². The van der Waals surface area contributed by atoms with Gasteiger partial charge in [-0.15, -0.1) is 0 Å². The number of nitriles is 2. The Labute approximate surface area is 108 Å². The van der Waals surface area contributed by atoms with E-state index in [1.54, 1.807) is 0 Å². The fraction of sp³-hybridized carbons (Fsp3) is 0. The van der Waals surface area contributed by atoms with Gasteiger partial charge in [0, 0.05) is 6.20 Å². The molecule has 0 spiro atoms. The number of anilines is 3. The Morgan fingerprint density at radius 1 is 1.16 bits per heavy atom. The highest BCUT2D eigenvalue weighted by molar-refractivity contribution is 5.75. The van der Waals surface area contributed by atoms with Crippen molar-refractivity contribution in [3.63, 3.8) is 0 Å². The molecule has 5 nitrogen and oxygen atoms in total. The maximum atomic E-state index is 13.0. The Balaban J connectivity index is 2.43. The van der Waals surface area contributed by atoms with Gasteiger partial charge in [0.05, 0.1) is 22.5 Å². The van der Waals surface area contributed by atoms with Gasteiger partial charge in [0.2, 0.25) is 0 Å². The molecule has 1 heterocycles. The van der Waals surface area contributed by atoms with Crippen molar-refractivity contribution in [3.05, 3.63) is 47.4 Å². The molecule has 3 N–H and O–H groups in total. The largest absolute Gasteiger partial charge is 0.395 e. The van der Waals surface area contributed by atoms with E-state index in [0.717, 1.165) is 6.07 Å². The lowest BCUT2D eigenvalue weighted by molar-refractivity contribution is 0.627. The molecule has 2 aromatic rings. The van der Waals surface area contributed by atoms with Crippen molar-refractivity contribution in [1.82, 2.24) is 4.98 Å². The van der Waals surface area contributed by atoms with E-state index in [4.69, 9.17) is 16.3 Å². The number of benzene rings is 1. The minimum atomic E-state index is -0.506. The van der Waals surface area contributed by atoms with Crippen LogP contribution in [-0.2, 0) is 0 Å². The van der Waals surface area contributed by atoms with Gasteiger partial charge in [0.1, 0.15) is 18.0 Å². The molecule has 0 aliphatic rings. The summed E-state index contributed by atoms with van der Waals surface area (Å²) in [6, 6.07) is 9.01. The fourth-order valence-corrected chi connectivity index (χ4v) is 1.52. The van der Waals surface area contributed by atoms with Gasteiger partial charge in [-0.2, -0.15) is 10.5 Å². The molecule has 0 atom stereocenters. The number of hydrogen-bond acceptors (Lipinski definition) is 5. The first-order valence-corrected chi connectivity index (χ1v) is 5.27. The van der Waals surface area contributed by atoms with Crippen LogP contribution in [0.5, 0.6) is 0 Å². The molecule has 1 aromatic carbocycles. The second-order valence-electron chi connectivity index (χ2n) is 3.66.